The van der Waals surface area contributed by atoms with Gasteiger partial charge in [0.1, 0.15) is 29.6 Å². The van der Waals surface area contributed by atoms with Crippen molar-refractivity contribution in [2.24, 2.45) is 4.99 Å². The molecule has 148 valence electrons. The molecule has 0 saturated heterocycles. The van der Waals surface area contributed by atoms with E-state index in [0.717, 1.165) is 22.6 Å². The van der Waals surface area contributed by atoms with E-state index in [1.54, 1.807) is 45.6 Å². The summed E-state index contributed by atoms with van der Waals surface area (Å²) in [6.45, 7) is 0.314. The van der Waals surface area contributed by atoms with Crippen LogP contribution in [0.4, 0.5) is 0 Å². The number of nitrogens with zero attached hydrogens (tertiary/aromatic N) is 1. The maximum Gasteiger partial charge on any atom is 0.363 e. The molecule has 0 N–H and O–H groups in total. The average molecular weight is 393 g/mol. The number of esters is 1. The number of methoxy groups -OCH3 is 3. The van der Waals surface area contributed by atoms with Gasteiger partial charge in [-0.2, -0.15) is 0 Å². The Kier molecular flexibility index (Phi) is 4.95. The van der Waals surface area contributed by atoms with Gasteiger partial charge in [-0.3, -0.25) is 0 Å². The molecule has 0 saturated carbocycles. The molecule has 0 spiro atoms. The summed E-state index contributed by atoms with van der Waals surface area (Å²) >= 11 is 0. The lowest BCUT2D eigenvalue weighted by atomic mass is 10.1. The number of fused-ring (bicyclic) bond motifs is 1. The van der Waals surface area contributed by atoms with Crippen LogP contribution < -0.4 is 18.9 Å². The molecule has 0 fully saturated rings. The molecule has 2 heterocycles. The van der Waals surface area contributed by atoms with Gasteiger partial charge in [-0.05, 0) is 42.0 Å². The van der Waals surface area contributed by atoms with Crippen molar-refractivity contribution in [2.45, 2.75) is 0 Å². The fraction of sp³-hybridized carbons (Fsp3) is 0.182. The Morgan fingerprint density at radius 1 is 0.966 bits per heavy atom. The van der Waals surface area contributed by atoms with Crippen LogP contribution in [0.15, 0.2) is 58.7 Å². The zero-order valence-electron chi connectivity index (χ0n) is 16.2. The van der Waals surface area contributed by atoms with Crippen LogP contribution in [0.1, 0.15) is 11.1 Å². The Hall–Kier alpha value is -3.74. The number of benzene rings is 2. The lowest BCUT2D eigenvalue weighted by molar-refractivity contribution is -0.130. The molecular formula is C22H19NO6. The van der Waals surface area contributed by atoms with E-state index in [1.807, 2.05) is 24.3 Å². The van der Waals surface area contributed by atoms with Crippen LogP contribution in [0.5, 0.6) is 23.0 Å². The number of hydrogen-bond donors (Lipinski definition) is 0. The maximum atomic E-state index is 12.3. The molecule has 0 atom stereocenters. The van der Waals surface area contributed by atoms with Crippen LogP contribution in [-0.4, -0.2) is 39.8 Å². The van der Waals surface area contributed by atoms with Crippen LogP contribution in [0.2, 0.25) is 0 Å². The Morgan fingerprint density at radius 3 is 2.38 bits per heavy atom. The normalized spacial score (nSPS) is 16.4. The summed E-state index contributed by atoms with van der Waals surface area (Å²) in [5.74, 6) is 2.27. The van der Waals surface area contributed by atoms with Gasteiger partial charge in [0.15, 0.2) is 5.70 Å². The van der Waals surface area contributed by atoms with Crippen molar-refractivity contribution in [2.75, 3.05) is 27.9 Å². The van der Waals surface area contributed by atoms with E-state index >= 15 is 0 Å². The molecule has 2 aliphatic heterocycles. The summed E-state index contributed by atoms with van der Waals surface area (Å²) in [4.78, 5) is 16.7. The monoisotopic (exact) mass is 393 g/mol. The van der Waals surface area contributed by atoms with Crippen molar-refractivity contribution in [3.63, 3.8) is 0 Å². The summed E-state index contributed by atoms with van der Waals surface area (Å²) in [5.41, 5.74) is 2.50. The van der Waals surface area contributed by atoms with Gasteiger partial charge in [-0.25, -0.2) is 9.79 Å². The second-order valence-electron chi connectivity index (χ2n) is 6.35. The van der Waals surface area contributed by atoms with Crippen molar-refractivity contribution in [1.82, 2.24) is 0 Å². The summed E-state index contributed by atoms with van der Waals surface area (Å²) in [6.07, 6.45) is 3.61. The molecule has 0 bridgehead atoms. The van der Waals surface area contributed by atoms with Crippen molar-refractivity contribution >= 4 is 17.9 Å². The number of aliphatic imine (C=N–C) groups is 1. The zero-order valence-corrected chi connectivity index (χ0v) is 16.2. The molecule has 2 aromatic rings. The molecule has 7 heteroatoms. The molecule has 7 nitrogen and oxygen atoms in total. The third-order valence-electron chi connectivity index (χ3n) is 4.50. The average Bonchev–Trinajstić information content (AvgIpc) is 3.13. The van der Waals surface area contributed by atoms with Gasteiger partial charge >= 0.3 is 5.97 Å². The molecule has 0 aromatic heterocycles. The molecular weight excluding hydrogens is 374 g/mol. The van der Waals surface area contributed by atoms with E-state index in [1.165, 1.54) is 0 Å². The van der Waals surface area contributed by atoms with Crippen LogP contribution in [0.25, 0.3) is 6.08 Å². The first kappa shape index (κ1) is 18.6. The molecule has 2 aromatic carbocycles. The topological polar surface area (TPSA) is 75.6 Å². The molecule has 0 unspecified atom stereocenters. The fourth-order valence-corrected chi connectivity index (χ4v) is 3.01. The maximum absolute atomic E-state index is 12.3. The Morgan fingerprint density at radius 2 is 1.69 bits per heavy atom. The van der Waals surface area contributed by atoms with Crippen LogP contribution in [0.3, 0.4) is 0 Å². The number of carbonyl (C=O) groups is 1. The van der Waals surface area contributed by atoms with Gasteiger partial charge in [0.25, 0.3) is 0 Å². The lowest BCUT2D eigenvalue weighted by Gasteiger charge is -2.16. The van der Waals surface area contributed by atoms with Crippen molar-refractivity contribution < 1.29 is 28.5 Å². The number of hydrogen-bond acceptors (Lipinski definition) is 7. The van der Waals surface area contributed by atoms with Gasteiger partial charge in [-0.15, -0.1) is 0 Å². The first-order valence-electron chi connectivity index (χ1n) is 8.87. The van der Waals surface area contributed by atoms with Gasteiger partial charge in [0.05, 0.1) is 21.3 Å². The summed E-state index contributed by atoms with van der Waals surface area (Å²) in [5, 5.41) is 0. The van der Waals surface area contributed by atoms with Crippen molar-refractivity contribution in [3.8, 4) is 23.0 Å². The predicted octanol–water partition coefficient (Wildman–Crippen LogP) is 3.38. The van der Waals surface area contributed by atoms with E-state index in [2.05, 4.69) is 4.99 Å². The van der Waals surface area contributed by atoms with Crippen LogP contribution in [-0.2, 0) is 9.53 Å². The largest absolute Gasteiger partial charge is 0.497 e. The lowest BCUT2D eigenvalue weighted by Crippen LogP contribution is -2.08. The van der Waals surface area contributed by atoms with E-state index in [4.69, 9.17) is 23.7 Å². The van der Waals surface area contributed by atoms with E-state index in [-0.39, 0.29) is 11.6 Å². The first-order valence-corrected chi connectivity index (χ1v) is 8.87. The highest BCUT2D eigenvalue weighted by molar-refractivity contribution is 6.11. The number of rotatable bonds is 5. The molecule has 0 aliphatic carbocycles. The quantitative estimate of drug-likeness (QED) is 0.573. The van der Waals surface area contributed by atoms with E-state index < -0.39 is 5.97 Å². The van der Waals surface area contributed by atoms with Crippen molar-refractivity contribution in [3.05, 3.63) is 64.9 Å². The van der Waals surface area contributed by atoms with Gasteiger partial charge in [0.2, 0.25) is 5.90 Å². The fourth-order valence-electron chi connectivity index (χ4n) is 3.01. The second-order valence-corrected chi connectivity index (χ2v) is 6.35. The second kappa shape index (κ2) is 7.71. The van der Waals surface area contributed by atoms with Gasteiger partial charge < -0.3 is 23.7 Å². The van der Waals surface area contributed by atoms with E-state index in [0.29, 0.717) is 23.7 Å². The summed E-state index contributed by atoms with van der Waals surface area (Å²) < 4.78 is 26.8. The smallest absolute Gasteiger partial charge is 0.363 e. The van der Waals surface area contributed by atoms with E-state index in [9.17, 15) is 4.79 Å². The standard InChI is InChI=1S/C22H19NO6/c1-25-16-5-4-14-6-13(12-28-20(14)11-16)7-19-22(24)29-21(23-19)15-8-17(26-2)10-18(9-15)27-3/h4-11H,12H2,1-3H3/b19-7+. The first-order chi connectivity index (χ1) is 14.1. The third kappa shape index (κ3) is 3.80. The highest BCUT2D eigenvalue weighted by atomic mass is 16.6. The number of carbonyl (C=O) groups excluding carboxylic acids is 1. The molecule has 4 rings (SSSR count). The summed E-state index contributed by atoms with van der Waals surface area (Å²) in [6, 6.07) is 10.8. The third-order valence-corrected chi connectivity index (χ3v) is 4.50. The molecule has 29 heavy (non-hydrogen) atoms. The Balaban J connectivity index is 1.64. The van der Waals surface area contributed by atoms with Crippen LogP contribution in [0, 0.1) is 0 Å². The number of cyclic esters (lactones) is 1. The van der Waals surface area contributed by atoms with Crippen LogP contribution >= 0.6 is 0 Å². The van der Waals surface area contributed by atoms with Gasteiger partial charge in [-0.1, -0.05) is 0 Å². The highest BCUT2D eigenvalue weighted by Gasteiger charge is 2.26. The Labute approximate surface area is 167 Å². The molecule has 0 radical (unpaired) electrons. The predicted molar refractivity (Wildman–Crippen MR) is 107 cm³/mol. The van der Waals surface area contributed by atoms with Crippen molar-refractivity contribution in [1.29, 1.82) is 0 Å². The van der Waals surface area contributed by atoms with Gasteiger partial charge in [0, 0.05) is 23.3 Å². The molecule has 0 amide bonds. The number of ether oxygens (including phenoxy) is 5. The SMILES string of the molecule is COc1cc(OC)cc(C2=N/C(=C/C3=Cc4ccc(OC)cc4OC3)C(=O)O2)c1. The highest BCUT2D eigenvalue weighted by Crippen LogP contribution is 2.32. The minimum atomic E-state index is -0.525. The summed E-state index contributed by atoms with van der Waals surface area (Å²) in [7, 11) is 4.71. The molecule has 2 aliphatic rings. The Bertz CT molecular complexity index is 1040. The minimum Gasteiger partial charge on any atom is -0.497 e. The minimum absolute atomic E-state index is 0.195. The zero-order chi connectivity index (χ0) is 20.4.